The largest absolute Gasteiger partial charge is 0.507 e. The number of phenolic OH excluding ortho intramolecular Hbond substituents is 2. The number of hydrogen-bond donors (Lipinski definition) is 2. The number of hydrogen-bond acceptors (Lipinski definition) is 8. The number of phenols is 2. The maximum absolute atomic E-state index is 12.8. The predicted octanol–water partition coefficient (Wildman–Crippen LogP) is 6.08. The number of rotatable bonds is 7. The molecule has 0 amide bonds. The molecule has 0 unspecified atom stereocenters. The molecule has 1 spiro atoms. The van der Waals surface area contributed by atoms with Crippen molar-refractivity contribution in [3.63, 3.8) is 0 Å². The minimum absolute atomic E-state index is 0.0128. The number of fused-ring (bicyclic) bond motifs is 1. The first-order valence-electron chi connectivity index (χ1n) is 16.3. The van der Waals surface area contributed by atoms with Gasteiger partial charge in [-0.25, -0.2) is 0 Å². The molecule has 3 aromatic carbocycles. The van der Waals surface area contributed by atoms with E-state index in [-0.39, 0.29) is 28.2 Å². The zero-order valence-electron chi connectivity index (χ0n) is 26.1. The van der Waals surface area contributed by atoms with Gasteiger partial charge in [0.15, 0.2) is 16.8 Å². The van der Waals surface area contributed by atoms with Crippen molar-refractivity contribution in [2.75, 3.05) is 57.8 Å². The molecule has 8 nitrogen and oxygen atoms in total. The molecule has 0 atom stereocenters. The van der Waals surface area contributed by atoms with Gasteiger partial charge in [0.25, 0.3) is 0 Å². The highest BCUT2D eigenvalue weighted by Gasteiger charge is 2.41. The number of methoxy groups -OCH3 is 1. The molecule has 3 fully saturated rings. The Morgan fingerprint density at radius 3 is 2.24 bits per heavy atom. The van der Waals surface area contributed by atoms with Gasteiger partial charge in [0, 0.05) is 56.1 Å². The monoisotopic (exact) mass is 609 g/mol. The summed E-state index contributed by atoms with van der Waals surface area (Å²) in [5, 5.41) is 20.4. The number of nitrogens with zero attached hydrogens (tertiary/aromatic N) is 3. The van der Waals surface area contributed by atoms with Gasteiger partial charge in [-0.2, -0.15) is 0 Å². The van der Waals surface area contributed by atoms with E-state index in [9.17, 15) is 15.0 Å². The Labute approximate surface area is 264 Å². The molecule has 45 heavy (non-hydrogen) atoms. The van der Waals surface area contributed by atoms with Gasteiger partial charge in [-0.15, -0.1) is 0 Å². The summed E-state index contributed by atoms with van der Waals surface area (Å²) in [6.45, 7) is 9.32. The van der Waals surface area contributed by atoms with Crippen LogP contribution in [0.3, 0.4) is 0 Å². The maximum Gasteiger partial charge on any atom is 0.204 e. The van der Waals surface area contributed by atoms with Crippen LogP contribution < -0.4 is 15.1 Å². The fourth-order valence-corrected chi connectivity index (χ4v) is 7.81. The molecular weight excluding hydrogens is 566 g/mol. The Balaban J connectivity index is 0.922. The van der Waals surface area contributed by atoms with Gasteiger partial charge in [0.1, 0.15) is 16.9 Å². The van der Waals surface area contributed by atoms with Crippen LogP contribution in [-0.4, -0.2) is 72.9 Å². The standard InChI is InChI=1S/C37H43N3O5/c1-44-35-32(43)21-30(41)34-31(42)22-33(45-36(34)35)28-7-9-29(10-8-28)40-16-11-27(12-17-40)24-39-20-15-37(25-39)13-18-38(19-14-37)23-26-5-3-2-4-6-26/h2-10,21-22,27,41,43H,11-20,23-25H2,1H3. The van der Waals surface area contributed by atoms with Gasteiger partial charge in [0.2, 0.25) is 5.75 Å². The molecule has 7 rings (SSSR count). The molecule has 4 heterocycles. The van der Waals surface area contributed by atoms with Crippen molar-refractivity contribution in [3.05, 3.63) is 82.5 Å². The lowest BCUT2D eigenvalue weighted by Gasteiger charge is -2.40. The maximum atomic E-state index is 12.8. The quantitative estimate of drug-likeness (QED) is 0.261. The minimum Gasteiger partial charge on any atom is -0.507 e. The third-order valence-corrected chi connectivity index (χ3v) is 10.5. The lowest BCUT2D eigenvalue weighted by Crippen LogP contribution is -2.42. The van der Waals surface area contributed by atoms with Crippen LogP contribution in [0.25, 0.3) is 22.3 Å². The summed E-state index contributed by atoms with van der Waals surface area (Å²) < 4.78 is 11.2. The van der Waals surface area contributed by atoms with E-state index in [1.807, 2.05) is 12.1 Å². The van der Waals surface area contributed by atoms with Crippen molar-refractivity contribution in [3.8, 4) is 28.6 Å². The van der Waals surface area contributed by atoms with Crippen LogP contribution in [0, 0.1) is 11.3 Å². The Kier molecular flexibility index (Phi) is 8.19. The molecule has 4 aromatic rings. The zero-order chi connectivity index (χ0) is 31.0. The summed E-state index contributed by atoms with van der Waals surface area (Å²) in [7, 11) is 1.38. The summed E-state index contributed by atoms with van der Waals surface area (Å²) in [4.78, 5) is 20.7. The Hall–Kier alpha value is -4.01. The first-order chi connectivity index (χ1) is 21.9. The fourth-order valence-electron chi connectivity index (χ4n) is 7.81. The van der Waals surface area contributed by atoms with Crippen molar-refractivity contribution in [2.45, 2.75) is 38.6 Å². The summed E-state index contributed by atoms with van der Waals surface area (Å²) in [6, 6.07) is 21.4. The number of piperidine rings is 2. The lowest BCUT2D eigenvalue weighted by molar-refractivity contribution is 0.0996. The molecule has 0 radical (unpaired) electrons. The first-order valence-corrected chi connectivity index (χ1v) is 16.3. The van der Waals surface area contributed by atoms with Crippen molar-refractivity contribution in [2.24, 2.45) is 11.3 Å². The average molecular weight is 610 g/mol. The smallest absolute Gasteiger partial charge is 0.204 e. The van der Waals surface area contributed by atoms with Gasteiger partial charge in [-0.3, -0.25) is 9.69 Å². The number of likely N-dealkylation sites (tertiary alicyclic amines) is 2. The van der Waals surface area contributed by atoms with Crippen LogP contribution >= 0.6 is 0 Å². The van der Waals surface area contributed by atoms with Gasteiger partial charge in [-0.05, 0) is 92.9 Å². The van der Waals surface area contributed by atoms with E-state index in [1.54, 1.807) is 0 Å². The molecule has 3 aliphatic rings. The summed E-state index contributed by atoms with van der Waals surface area (Å²) in [6.07, 6.45) is 6.40. The van der Waals surface area contributed by atoms with E-state index < -0.39 is 5.43 Å². The Bertz CT molecular complexity index is 1690. The molecule has 2 N–H and O–H groups in total. The third kappa shape index (κ3) is 6.14. The van der Waals surface area contributed by atoms with Crippen molar-refractivity contribution in [1.29, 1.82) is 0 Å². The van der Waals surface area contributed by atoms with E-state index in [2.05, 4.69) is 57.2 Å². The molecule has 1 aromatic heterocycles. The molecule has 0 saturated carbocycles. The zero-order valence-corrected chi connectivity index (χ0v) is 26.1. The topological polar surface area (TPSA) is 89.6 Å². The second kappa shape index (κ2) is 12.4. The van der Waals surface area contributed by atoms with E-state index in [4.69, 9.17) is 9.15 Å². The van der Waals surface area contributed by atoms with Crippen LogP contribution in [0.15, 0.2) is 75.9 Å². The predicted molar refractivity (Wildman–Crippen MR) is 177 cm³/mol. The number of ether oxygens (including phenoxy) is 1. The second-order valence-corrected chi connectivity index (χ2v) is 13.4. The first kappa shape index (κ1) is 29.7. The van der Waals surface area contributed by atoms with E-state index in [0.717, 1.165) is 42.9 Å². The number of aromatic hydroxyl groups is 2. The van der Waals surface area contributed by atoms with Crippen molar-refractivity contribution in [1.82, 2.24) is 9.80 Å². The fraction of sp³-hybridized carbons (Fsp3) is 0.432. The van der Waals surface area contributed by atoms with E-state index in [1.165, 1.54) is 83.6 Å². The Morgan fingerprint density at radius 2 is 1.56 bits per heavy atom. The van der Waals surface area contributed by atoms with Crippen LogP contribution in [0.4, 0.5) is 5.69 Å². The average Bonchev–Trinajstić information content (AvgIpc) is 3.44. The molecule has 8 heteroatoms. The summed E-state index contributed by atoms with van der Waals surface area (Å²) >= 11 is 0. The van der Waals surface area contributed by atoms with E-state index >= 15 is 0 Å². The van der Waals surface area contributed by atoms with Gasteiger partial charge >= 0.3 is 0 Å². The summed E-state index contributed by atoms with van der Waals surface area (Å²) in [5.74, 6) is 0.487. The molecule has 0 bridgehead atoms. The highest BCUT2D eigenvalue weighted by Crippen LogP contribution is 2.42. The van der Waals surface area contributed by atoms with Crippen LogP contribution in [0.2, 0.25) is 0 Å². The molecule has 3 saturated heterocycles. The van der Waals surface area contributed by atoms with Gasteiger partial charge in [0.05, 0.1) is 7.11 Å². The molecular formula is C37H43N3O5. The Morgan fingerprint density at radius 1 is 0.867 bits per heavy atom. The SMILES string of the molecule is COc1c(O)cc(O)c2c(=O)cc(-c3ccc(N4CCC(CN5CCC6(CCN(Cc7ccccc7)CC6)C5)CC4)cc3)oc12. The van der Waals surface area contributed by atoms with Gasteiger partial charge < -0.3 is 29.2 Å². The molecule has 236 valence electrons. The lowest BCUT2D eigenvalue weighted by atomic mass is 9.77. The number of benzene rings is 3. The van der Waals surface area contributed by atoms with Crippen molar-refractivity contribution >= 4 is 16.7 Å². The molecule has 3 aliphatic heterocycles. The third-order valence-electron chi connectivity index (χ3n) is 10.5. The van der Waals surface area contributed by atoms with Crippen LogP contribution in [0.5, 0.6) is 17.2 Å². The molecule has 0 aliphatic carbocycles. The highest BCUT2D eigenvalue weighted by molar-refractivity contribution is 5.91. The van der Waals surface area contributed by atoms with Gasteiger partial charge in [-0.1, -0.05) is 30.3 Å². The van der Waals surface area contributed by atoms with Crippen LogP contribution in [0.1, 0.15) is 37.7 Å². The second-order valence-electron chi connectivity index (χ2n) is 13.4. The minimum atomic E-state index is -0.398. The van der Waals surface area contributed by atoms with Crippen molar-refractivity contribution < 1.29 is 19.4 Å². The van der Waals surface area contributed by atoms with E-state index in [0.29, 0.717) is 11.2 Å². The van der Waals surface area contributed by atoms with Crippen LogP contribution in [-0.2, 0) is 6.54 Å². The number of anilines is 1. The summed E-state index contributed by atoms with van der Waals surface area (Å²) in [5.41, 5.74) is 3.48. The normalized spacial score (nSPS) is 19.4. The highest BCUT2D eigenvalue weighted by atomic mass is 16.5.